The van der Waals surface area contributed by atoms with Crippen molar-refractivity contribution in [2.24, 2.45) is 0 Å². The molecule has 1 fully saturated rings. The molecule has 1 aliphatic rings. The highest BCUT2D eigenvalue weighted by Crippen LogP contribution is 2.37. The minimum Gasteiger partial charge on any atom is -0.495 e. The Morgan fingerprint density at radius 1 is 1.48 bits per heavy atom. The molecule has 1 aromatic carbocycles. The van der Waals surface area contributed by atoms with E-state index in [1.807, 2.05) is 0 Å². The molecule has 1 aliphatic heterocycles. The highest BCUT2D eigenvalue weighted by Gasteiger charge is 2.31. The molecule has 1 aromatic rings. The molecule has 1 heterocycles. The molecule has 0 bridgehead atoms. The monoisotopic (exact) mass is 331 g/mol. The van der Waals surface area contributed by atoms with E-state index >= 15 is 0 Å². The number of ether oxygens (including phenoxy) is 1. The van der Waals surface area contributed by atoms with Gasteiger partial charge in [-0.1, -0.05) is 6.07 Å². The predicted octanol–water partition coefficient (Wildman–Crippen LogP) is 1.75. The Kier molecular flexibility index (Phi) is 5.19. The number of hydrogen-bond donors (Lipinski definition) is 2. The SMILES string of the molecule is COc1ccc(CO)cc1S(=O)(=O)NCC1(C)CCCS1. The fraction of sp³-hybridized carbons (Fsp3) is 0.571. The number of benzene rings is 1. The molecule has 1 unspecified atom stereocenters. The first-order valence-electron chi connectivity index (χ1n) is 6.82. The van der Waals surface area contributed by atoms with Crippen LogP contribution in [0.15, 0.2) is 23.1 Å². The van der Waals surface area contributed by atoms with E-state index in [4.69, 9.17) is 4.74 Å². The van der Waals surface area contributed by atoms with Crippen molar-refractivity contribution in [2.75, 3.05) is 19.4 Å². The summed E-state index contributed by atoms with van der Waals surface area (Å²) in [4.78, 5) is 0.0724. The number of sulfonamides is 1. The summed E-state index contributed by atoms with van der Waals surface area (Å²) in [7, 11) is -2.23. The van der Waals surface area contributed by atoms with Gasteiger partial charge in [0, 0.05) is 11.3 Å². The Balaban J connectivity index is 2.22. The van der Waals surface area contributed by atoms with Crippen LogP contribution in [0.2, 0.25) is 0 Å². The third-order valence-corrected chi connectivity index (χ3v) is 6.60. The second-order valence-electron chi connectivity index (χ2n) is 5.37. The van der Waals surface area contributed by atoms with E-state index in [1.165, 1.54) is 13.2 Å². The van der Waals surface area contributed by atoms with Gasteiger partial charge in [-0.25, -0.2) is 13.1 Å². The molecule has 0 amide bonds. The van der Waals surface area contributed by atoms with Gasteiger partial charge in [0.15, 0.2) is 0 Å². The molecular weight excluding hydrogens is 310 g/mol. The van der Waals surface area contributed by atoms with E-state index in [1.54, 1.807) is 23.9 Å². The number of thioether (sulfide) groups is 1. The zero-order chi connectivity index (χ0) is 15.5. The number of rotatable bonds is 6. The summed E-state index contributed by atoms with van der Waals surface area (Å²) in [6, 6.07) is 4.66. The molecular formula is C14H21NO4S2. The average molecular weight is 331 g/mol. The number of nitrogens with one attached hydrogen (secondary N) is 1. The highest BCUT2D eigenvalue weighted by molar-refractivity contribution is 8.01. The zero-order valence-corrected chi connectivity index (χ0v) is 13.9. The van der Waals surface area contributed by atoms with E-state index < -0.39 is 10.0 Å². The van der Waals surface area contributed by atoms with Crippen LogP contribution in [-0.4, -0.2) is 37.7 Å². The topological polar surface area (TPSA) is 75.6 Å². The first kappa shape index (κ1) is 16.6. The third kappa shape index (κ3) is 3.91. The van der Waals surface area contributed by atoms with Crippen LogP contribution in [0.3, 0.4) is 0 Å². The molecule has 7 heteroatoms. The second kappa shape index (κ2) is 6.56. The van der Waals surface area contributed by atoms with Crippen molar-refractivity contribution in [3.8, 4) is 5.75 Å². The van der Waals surface area contributed by atoms with E-state index in [-0.39, 0.29) is 22.0 Å². The Morgan fingerprint density at radius 3 is 2.81 bits per heavy atom. The van der Waals surface area contributed by atoms with Crippen molar-refractivity contribution in [2.45, 2.75) is 36.0 Å². The summed E-state index contributed by atoms with van der Waals surface area (Å²) < 4.78 is 32.7. The van der Waals surface area contributed by atoms with Gasteiger partial charge in [0.25, 0.3) is 0 Å². The van der Waals surface area contributed by atoms with Crippen molar-refractivity contribution < 1.29 is 18.3 Å². The maximum Gasteiger partial charge on any atom is 0.244 e. The molecule has 0 aliphatic carbocycles. The van der Waals surface area contributed by atoms with E-state index in [0.717, 1.165) is 18.6 Å². The molecule has 2 rings (SSSR count). The minimum atomic E-state index is -3.66. The first-order chi connectivity index (χ1) is 9.90. The van der Waals surface area contributed by atoms with Gasteiger partial charge in [0.1, 0.15) is 10.6 Å². The van der Waals surface area contributed by atoms with Crippen molar-refractivity contribution in [3.05, 3.63) is 23.8 Å². The van der Waals surface area contributed by atoms with E-state index in [2.05, 4.69) is 11.6 Å². The Bertz CT molecular complexity index is 595. The number of methoxy groups -OCH3 is 1. The van der Waals surface area contributed by atoms with Crippen LogP contribution in [0, 0.1) is 0 Å². The van der Waals surface area contributed by atoms with Gasteiger partial charge in [-0.15, -0.1) is 0 Å². The van der Waals surface area contributed by atoms with Crippen molar-refractivity contribution in [1.29, 1.82) is 0 Å². The first-order valence-corrected chi connectivity index (χ1v) is 9.28. The molecule has 0 spiro atoms. The molecule has 1 saturated heterocycles. The van der Waals surface area contributed by atoms with Crippen molar-refractivity contribution in [3.63, 3.8) is 0 Å². The normalized spacial score (nSPS) is 22.4. The van der Waals surface area contributed by atoms with Gasteiger partial charge in [0.05, 0.1) is 13.7 Å². The maximum atomic E-state index is 12.5. The number of aliphatic hydroxyl groups excluding tert-OH is 1. The van der Waals surface area contributed by atoms with Gasteiger partial charge in [-0.2, -0.15) is 11.8 Å². The standard InChI is InChI=1S/C14H21NO4S2/c1-14(6-3-7-20-14)10-15-21(17,18)13-8-11(9-16)4-5-12(13)19-2/h4-5,8,15-16H,3,6-7,9-10H2,1-2H3. The van der Waals surface area contributed by atoms with E-state index in [0.29, 0.717) is 12.1 Å². The predicted molar refractivity (Wildman–Crippen MR) is 84.2 cm³/mol. The van der Waals surface area contributed by atoms with Crippen molar-refractivity contribution >= 4 is 21.8 Å². The van der Waals surface area contributed by atoms with Crippen LogP contribution in [0.25, 0.3) is 0 Å². The Morgan fingerprint density at radius 2 is 2.24 bits per heavy atom. The van der Waals surface area contributed by atoms with Gasteiger partial charge in [-0.05, 0) is 43.2 Å². The van der Waals surface area contributed by atoms with Gasteiger partial charge in [-0.3, -0.25) is 0 Å². The van der Waals surface area contributed by atoms with Crippen LogP contribution in [0.5, 0.6) is 5.75 Å². The summed E-state index contributed by atoms with van der Waals surface area (Å²) in [5, 5.41) is 9.18. The lowest BCUT2D eigenvalue weighted by molar-refractivity contribution is 0.281. The van der Waals surface area contributed by atoms with Crippen LogP contribution in [0.4, 0.5) is 0 Å². The average Bonchev–Trinajstić information content (AvgIpc) is 2.92. The molecule has 0 radical (unpaired) electrons. The molecule has 1 atom stereocenters. The van der Waals surface area contributed by atoms with Crippen LogP contribution >= 0.6 is 11.8 Å². The molecule has 0 aromatic heterocycles. The quantitative estimate of drug-likeness (QED) is 0.830. The lowest BCUT2D eigenvalue weighted by atomic mass is 10.1. The van der Waals surface area contributed by atoms with Gasteiger partial charge in [0.2, 0.25) is 10.0 Å². The fourth-order valence-electron chi connectivity index (χ4n) is 2.33. The smallest absolute Gasteiger partial charge is 0.244 e. The summed E-state index contributed by atoms with van der Waals surface area (Å²) in [5.41, 5.74) is 0.539. The van der Waals surface area contributed by atoms with Gasteiger partial charge < -0.3 is 9.84 Å². The molecule has 5 nitrogen and oxygen atoms in total. The Labute approximate surface area is 130 Å². The van der Waals surface area contributed by atoms with Crippen LogP contribution in [-0.2, 0) is 16.6 Å². The van der Waals surface area contributed by atoms with Crippen LogP contribution < -0.4 is 9.46 Å². The number of hydrogen-bond acceptors (Lipinski definition) is 5. The lowest BCUT2D eigenvalue weighted by Gasteiger charge is -2.23. The Hall–Kier alpha value is -0.760. The maximum absolute atomic E-state index is 12.5. The molecule has 118 valence electrons. The van der Waals surface area contributed by atoms with Crippen molar-refractivity contribution in [1.82, 2.24) is 4.72 Å². The zero-order valence-electron chi connectivity index (χ0n) is 12.3. The summed E-state index contributed by atoms with van der Waals surface area (Å²) in [6.45, 7) is 2.27. The summed E-state index contributed by atoms with van der Waals surface area (Å²) >= 11 is 1.80. The minimum absolute atomic E-state index is 0.0467. The molecule has 21 heavy (non-hydrogen) atoms. The van der Waals surface area contributed by atoms with Gasteiger partial charge >= 0.3 is 0 Å². The highest BCUT2D eigenvalue weighted by atomic mass is 32.2. The number of aliphatic hydroxyl groups is 1. The largest absolute Gasteiger partial charge is 0.495 e. The lowest BCUT2D eigenvalue weighted by Crippen LogP contribution is -2.36. The molecule has 2 N–H and O–H groups in total. The molecule has 0 saturated carbocycles. The van der Waals surface area contributed by atoms with E-state index in [9.17, 15) is 13.5 Å². The van der Waals surface area contributed by atoms with Crippen LogP contribution in [0.1, 0.15) is 25.3 Å². The fourth-order valence-corrected chi connectivity index (χ4v) is 5.05. The summed E-state index contributed by atoms with van der Waals surface area (Å²) in [5.74, 6) is 1.35. The third-order valence-electron chi connectivity index (χ3n) is 3.64. The summed E-state index contributed by atoms with van der Waals surface area (Å²) in [6.07, 6.45) is 2.13. The second-order valence-corrected chi connectivity index (χ2v) is 8.79.